The predicted octanol–water partition coefficient (Wildman–Crippen LogP) is 3.15. The van der Waals surface area contributed by atoms with Crippen molar-refractivity contribution in [1.29, 1.82) is 0 Å². The third-order valence-corrected chi connectivity index (χ3v) is 5.89. The Morgan fingerprint density at radius 2 is 1.62 bits per heavy atom. The van der Waals surface area contributed by atoms with E-state index in [9.17, 15) is 14.0 Å². The zero-order valence-electron chi connectivity index (χ0n) is 18.3. The second kappa shape index (κ2) is 10.1. The SMILES string of the molecule is CCN(C1=C(c2ccc(F)cc2)C(=O)N(CCCN2CCOCC2)C1=O)c1ccccc1. The highest BCUT2D eigenvalue weighted by atomic mass is 19.1. The highest BCUT2D eigenvalue weighted by Crippen LogP contribution is 2.34. The number of nitrogens with zero attached hydrogens (tertiary/aromatic N) is 3. The molecule has 2 aliphatic rings. The fraction of sp³-hybridized carbons (Fsp3) is 0.360. The minimum Gasteiger partial charge on any atom is -0.379 e. The van der Waals surface area contributed by atoms with E-state index in [1.807, 2.05) is 42.2 Å². The third kappa shape index (κ3) is 4.59. The van der Waals surface area contributed by atoms with Gasteiger partial charge in [-0.05, 0) is 43.2 Å². The van der Waals surface area contributed by atoms with Gasteiger partial charge in [-0.15, -0.1) is 0 Å². The Labute approximate surface area is 187 Å². The summed E-state index contributed by atoms with van der Waals surface area (Å²) in [5.74, 6) is -1.01. The topological polar surface area (TPSA) is 53.1 Å². The van der Waals surface area contributed by atoms with Crippen LogP contribution in [0.4, 0.5) is 10.1 Å². The first-order valence-electron chi connectivity index (χ1n) is 11.1. The Hall–Kier alpha value is -3.03. The molecular formula is C25H28FN3O3. The van der Waals surface area contributed by atoms with Crippen LogP contribution >= 0.6 is 0 Å². The summed E-state index contributed by atoms with van der Waals surface area (Å²) in [6.07, 6.45) is 0.693. The number of likely N-dealkylation sites (N-methyl/N-ethyl adjacent to an activating group) is 1. The molecular weight excluding hydrogens is 409 g/mol. The van der Waals surface area contributed by atoms with E-state index in [0.29, 0.717) is 49.6 Å². The van der Waals surface area contributed by atoms with Crippen LogP contribution in [0.5, 0.6) is 0 Å². The number of hydrogen-bond donors (Lipinski definition) is 0. The average Bonchev–Trinajstić information content (AvgIpc) is 3.06. The maximum absolute atomic E-state index is 13.6. The average molecular weight is 438 g/mol. The fourth-order valence-electron chi connectivity index (χ4n) is 4.25. The summed E-state index contributed by atoms with van der Waals surface area (Å²) in [5.41, 5.74) is 2.06. The number of para-hydroxylation sites is 1. The number of morpholine rings is 1. The lowest BCUT2D eigenvalue weighted by atomic mass is 10.0. The third-order valence-electron chi connectivity index (χ3n) is 5.89. The van der Waals surface area contributed by atoms with E-state index in [0.717, 1.165) is 25.3 Å². The molecule has 0 aliphatic carbocycles. The van der Waals surface area contributed by atoms with Crippen LogP contribution in [0, 0.1) is 5.82 Å². The smallest absolute Gasteiger partial charge is 0.278 e. The molecule has 1 fully saturated rings. The number of halogens is 1. The molecule has 2 aliphatic heterocycles. The summed E-state index contributed by atoms with van der Waals surface area (Å²) in [7, 11) is 0. The summed E-state index contributed by atoms with van der Waals surface area (Å²) >= 11 is 0. The molecule has 0 N–H and O–H groups in total. The molecule has 0 aromatic heterocycles. The van der Waals surface area contributed by atoms with Crippen molar-refractivity contribution < 1.29 is 18.7 Å². The number of imide groups is 1. The highest BCUT2D eigenvalue weighted by molar-refractivity contribution is 6.36. The molecule has 0 radical (unpaired) electrons. The summed E-state index contributed by atoms with van der Waals surface area (Å²) in [6.45, 7) is 6.77. The molecule has 0 atom stereocenters. The van der Waals surface area contributed by atoms with Crippen LogP contribution in [-0.2, 0) is 14.3 Å². The lowest BCUT2D eigenvalue weighted by Gasteiger charge is -2.27. The first kappa shape index (κ1) is 22.2. The van der Waals surface area contributed by atoms with E-state index < -0.39 is 0 Å². The molecule has 4 rings (SSSR count). The zero-order chi connectivity index (χ0) is 22.5. The number of hydrogen-bond acceptors (Lipinski definition) is 5. The first-order valence-corrected chi connectivity index (χ1v) is 11.1. The van der Waals surface area contributed by atoms with Crippen LogP contribution in [0.15, 0.2) is 60.3 Å². The van der Waals surface area contributed by atoms with E-state index in [1.54, 1.807) is 12.1 Å². The Balaban J connectivity index is 1.63. The standard InChI is InChI=1S/C25H28FN3O3/c1-2-28(21-7-4-3-5-8-21)23-22(19-9-11-20(26)12-10-19)24(30)29(25(23)31)14-6-13-27-15-17-32-18-16-27/h3-5,7-12H,2,6,13-18H2,1H3. The normalized spacial score (nSPS) is 17.4. The van der Waals surface area contributed by atoms with Gasteiger partial charge < -0.3 is 9.64 Å². The minimum absolute atomic E-state index is 0.304. The molecule has 0 bridgehead atoms. The number of carbonyl (C=O) groups is 2. The maximum Gasteiger partial charge on any atom is 0.278 e. The van der Waals surface area contributed by atoms with E-state index in [-0.39, 0.29) is 17.6 Å². The Morgan fingerprint density at radius 1 is 0.938 bits per heavy atom. The number of carbonyl (C=O) groups excluding carboxylic acids is 2. The Kier molecular flexibility index (Phi) is 6.97. The number of rotatable bonds is 8. The summed E-state index contributed by atoms with van der Waals surface area (Å²) in [6, 6.07) is 15.3. The molecule has 0 saturated carbocycles. The van der Waals surface area contributed by atoms with Gasteiger partial charge in [-0.2, -0.15) is 0 Å². The summed E-state index contributed by atoms with van der Waals surface area (Å²) in [5, 5.41) is 0. The molecule has 168 valence electrons. The molecule has 2 aromatic rings. The van der Waals surface area contributed by atoms with Crippen molar-refractivity contribution in [2.45, 2.75) is 13.3 Å². The first-order chi connectivity index (χ1) is 15.6. The molecule has 2 heterocycles. The van der Waals surface area contributed by atoms with Crippen LogP contribution in [0.3, 0.4) is 0 Å². The van der Waals surface area contributed by atoms with Gasteiger partial charge in [-0.25, -0.2) is 4.39 Å². The fourth-order valence-corrected chi connectivity index (χ4v) is 4.25. The van der Waals surface area contributed by atoms with E-state index in [1.165, 1.54) is 17.0 Å². The van der Waals surface area contributed by atoms with Gasteiger partial charge in [-0.3, -0.25) is 19.4 Å². The van der Waals surface area contributed by atoms with Crippen molar-refractivity contribution in [2.75, 3.05) is 50.8 Å². The summed E-state index contributed by atoms with van der Waals surface area (Å²) in [4.78, 5) is 32.4. The van der Waals surface area contributed by atoms with Crippen LogP contribution in [-0.4, -0.2) is 67.6 Å². The van der Waals surface area contributed by atoms with Crippen LogP contribution in [0.2, 0.25) is 0 Å². The van der Waals surface area contributed by atoms with Gasteiger partial charge in [0, 0.05) is 38.4 Å². The second-order valence-electron chi connectivity index (χ2n) is 7.88. The van der Waals surface area contributed by atoms with Crippen molar-refractivity contribution in [3.8, 4) is 0 Å². The van der Waals surface area contributed by atoms with Gasteiger partial charge in [0.05, 0.1) is 18.8 Å². The van der Waals surface area contributed by atoms with Gasteiger partial charge in [-0.1, -0.05) is 30.3 Å². The van der Waals surface area contributed by atoms with Gasteiger partial charge >= 0.3 is 0 Å². The quantitative estimate of drug-likeness (QED) is 0.594. The number of amides is 2. The monoisotopic (exact) mass is 437 g/mol. The second-order valence-corrected chi connectivity index (χ2v) is 7.88. The van der Waals surface area contributed by atoms with E-state index in [4.69, 9.17) is 4.74 Å². The highest BCUT2D eigenvalue weighted by Gasteiger charge is 2.41. The lowest BCUT2D eigenvalue weighted by Crippen LogP contribution is -2.40. The molecule has 7 heteroatoms. The number of anilines is 1. The van der Waals surface area contributed by atoms with Crippen LogP contribution in [0.25, 0.3) is 5.57 Å². The minimum atomic E-state index is -0.384. The lowest BCUT2D eigenvalue weighted by molar-refractivity contribution is -0.137. The maximum atomic E-state index is 13.6. The van der Waals surface area contributed by atoms with Gasteiger partial charge in [0.25, 0.3) is 11.8 Å². The Morgan fingerprint density at radius 3 is 2.28 bits per heavy atom. The zero-order valence-corrected chi connectivity index (χ0v) is 18.3. The molecule has 32 heavy (non-hydrogen) atoms. The molecule has 2 aromatic carbocycles. The van der Waals surface area contributed by atoms with Gasteiger partial charge in [0.15, 0.2) is 0 Å². The molecule has 0 unspecified atom stereocenters. The Bertz CT molecular complexity index is 985. The largest absolute Gasteiger partial charge is 0.379 e. The molecule has 1 saturated heterocycles. The van der Waals surface area contributed by atoms with Crippen molar-refractivity contribution in [1.82, 2.24) is 9.80 Å². The van der Waals surface area contributed by atoms with Crippen LogP contribution < -0.4 is 4.90 Å². The van der Waals surface area contributed by atoms with Crippen molar-refractivity contribution >= 4 is 23.1 Å². The molecule has 0 spiro atoms. The number of benzene rings is 2. The van der Waals surface area contributed by atoms with Crippen LogP contribution in [0.1, 0.15) is 18.9 Å². The van der Waals surface area contributed by atoms with Crippen molar-refractivity contribution in [3.05, 3.63) is 71.7 Å². The summed E-state index contributed by atoms with van der Waals surface area (Å²) < 4.78 is 18.9. The van der Waals surface area contributed by atoms with E-state index in [2.05, 4.69) is 4.90 Å². The molecule has 6 nitrogen and oxygen atoms in total. The van der Waals surface area contributed by atoms with Gasteiger partial charge in [0.1, 0.15) is 11.5 Å². The van der Waals surface area contributed by atoms with Crippen molar-refractivity contribution in [2.24, 2.45) is 0 Å². The number of ether oxygens (including phenoxy) is 1. The predicted molar refractivity (Wildman–Crippen MR) is 121 cm³/mol. The van der Waals surface area contributed by atoms with Gasteiger partial charge in [0.2, 0.25) is 0 Å². The molecule has 2 amide bonds. The van der Waals surface area contributed by atoms with Crippen molar-refractivity contribution in [3.63, 3.8) is 0 Å². The van der Waals surface area contributed by atoms with E-state index >= 15 is 0 Å².